The Kier molecular flexibility index (Phi) is 10.8. The number of ketones is 2. The Morgan fingerprint density at radius 3 is 1.46 bits per heavy atom. The van der Waals surface area contributed by atoms with Gasteiger partial charge >= 0.3 is 0 Å². The highest BCUT2D eigenvalue weighted by molar-refractivity contribution is 5.99. The number of nitrogens with zero attached hydrogens (tertiary/aromatic N) is 2. The standard InChI is InChI=1S/C37H52N2O2/c1-3-7-28-15-21-38(22-16-28)19-5-9-36(40)30-11-13-34-32(25-30)27-33-26-31(12-14-35(33)34)37(41)10-6-20-39-23-17-29(8-4-2)18-24-39/h11-14,25-26,28-29H,3-10,15-24,27H2,1-2H3. The Morgan fingerprint density at radius 1 is 0.659 bits per heavy atom. The van der Waals surface area contributed by atoms with E-state index in [1.165, 1.54) is 99.8 Å². The fourth-order valence-corrected chi connectivity index (χ4v) is 7.59. The molecule has 0 bridgehead atoms. The molecule has 4 nitrogen and oxygen atoms in total. The monoisotopic (exact) mass is 556 g/mol. The van der Waals surface area contributed by atoms with E-state index in [1.807, 2.05) is 12.1 Å². The quantitative estimate of drug-likeness (QED) is 0.188. The van der Waals surface area contributed by atoms with Crippen LogP contribution in [0, 0.1) is 11.8 Å². The van der Waals surface area contributed by atoms with Gasteiger partial charge < -0.3 is 9.80 Å². The normalized spacial score (nSPS) is 18.4. The average Bonchev–Trinajstić information content (AvgIpc) is 3.36. The number of likely N-dealkylation sites (tertiary alicyclic amines) is 2. The molecular formula is C37H52N2O2. The smallest absolute Gasteiger partial charge is 0.162 e. The Morgan fingerprint density at radius 2 is 1.07 bits per heavy atom. The lowest BCUT2D eigenvalue weighted by atomic mass is 9.92. The van der Waals surface area contributed by atoms with Gasteiger partial charge in [-0.1, -0.05) is 63.8 Å². The highest BCUT2D eigenvalue weighted by atomic mass is 16.1. The molecule has 0 saturated carbocycles. The summed E-state index contributed by atoms with van der Waals surface area (Å²) in [5.41, 5.74) is 6.57. The molecule has 0 amide bonds. The van der Waals surface area contributed by atoms with E-state index >= 15 is 0 Å². The fraction of sp³-hybridized carbons (Fsp3) is 0.622. The van der Waals surface area contributed by atoms with Crippen LogP contribution in [0.4, 0.5) is 0 Å². The number of hydrogen-bond donors (Lipinski definition) is 0. The van der Waals surface area contributed by atoms with Crippen LogP contribution in [0.2, 0.25) is 0 Å². The zero-order valence-corrected chi connectivity index (χ0v) is 25.8. The average molecular weight is 557 g/mol. The number of fused-ring (bicyclic) bond motifs is 3. The third-order valence-electron chi connectivity index (χ3n) is 10.1. The van der Waals surface area contributed by atoms with E-state index in [0.717, 1.165) is 55.3 Å². The fourth-order valence-electron chi connectivity index (χ4n) is 7.59. The van der Waals surface area contributed by atoms with Gasteiger partial charge in [-0.15, -0.1) is 0 Å². The van der Waals surface area contributed by atoms with E-state index in [4.69, 9.17) is 0 Å². The van der Waals surface area contributed by atoms with Crippen molar-refractivity contribution in [3.05, 3.63) is 58.7 Å². The van der Waals surface area contributed by atoms with E-state index < -0.39 is 0 Å². The summed E-state index contributed by atoms with van der Waals surface area (Å²) in [6.07, 6.45) is 14.5. The zero-order valence-electron chi connectivity index (χ0n) is 25.8. The molecule has 2 aromatic carbocycles. The molecule has 2 aliphatic heterocycles. The predicted molar refractivity (Wildman–Crippen MR) is 170 cm³/mol. The van der Waals surface area contributed by atoms with Crippen molar-refractivity contribution in [3.63, 3.8) is 0 Å². The van der Waals surface area contributed by atoms with E-state index in [0.29, 0.717) is 12.8 Å². The molecule has 5 rings (SSSR count). The third-order valence-corrected chi connectivity index (χ3v) is 10.1. The maximum Gasteiger partial charge on any atom is 0.162 e. The van der Waals surface area contributed by atoms with Crippen molar-refractivity contribution in [2.45, 2.75) is 97.3 Å². The molecule has 2 aromatic rings. The number of Topliss-reactive ketones (excluding diaryl/α,β-unsaturated/α-hetero) is 2. The first-order valence-corrected chi connectivity index (χ1v) is 16.8. The molecule has 41 heavy (non-hydrogen) atoms. The van der Waals surface area contributed by atoms with Gasteiger partial charge in [0.05, 0.1) is 0 Å². The van der Waals surface area contributed by atoms with Crippen molar-refractivity contribution < 1.29 is 9.59 Å². The number of piperidine rings is 2. The lowest BCUT2D eigenvalue weighted by molar-refractivity contribution is 0.0962. The second-order valence-corrected chi connectivity index (χ2v) is 13.1. The van der Waals surface area contributed by atoms with Gasteiger partial charge in [-0.05, 0) is 130 Å². The third kappa shape index (κ3) is 7.96. The molecule has 1 aliphatic carbocycles. The Labute approximate surface area is 248 Å². The number of hydrogen-bond acceptors (Lipinski definition) is 4. The maximum atomic E-state index is 13.0. The van der Waals surface area contributed by atoms with Gasteiger partial charge in [-0.2, -0.15) is 0 Å². The lowest BCUT2D eigenvalue weighted by Crippen LogP contribution is -2.34. The lowest BCUT2D eigenvalue weighted by Gasteiger charge is -2.31. The van der Waals surface area contributed by atoms with Crippen LogP contribution in [0.25, 0.3) is 11.1 Å². The summed E-state index contributed by atoms with van der Waals surface area (Å²) in [5.74, 6) is 2.33. The Hall–Kier alpha value is -2.30. The molecule has 0 atom stereocenters. The minimum absolute atomic E-state index is 0.259. The molecule has 3 aliphatic rings. The minimum atomic E-state index is 0.259. The highest BCUT2D eigenvalue weighted by Crippen LogP contribution is 2.38. The minimum Gasteiger partial charge on any atom is -0.303 e. The van der Waals surface area contributed by atoms with Crippen LogP contribution in [-0.4, -0.2) is 60.6 Å². The molecule has 0 N–H and O–H groups in total. The summed E-state index contributed by atoms with van der Waals surface area (Å²) in [7, 11) is 0. The molecule has 0 spiro atoms. The zero-order chi connectivity index (χ0) is 28.6. The van der Waals surface area contributed by atoms with E-state index in [9.17, 15) is 9.59 Å². The second kappa shape index (κ2) is 14.7. The number of benzene rings is 2. The van der Waals surface area contributed by atoms with Gasteiger partial charge in [-0.25, -0.2) is 0 Å². The first kappa shape index (κ1) is 30.2. The van der Waals surface area contributed by atoms with Gasteiger partial charge in [0.1, 0.15) is 0 Å². The van der Waals surface area contributed by atoms with Crippen LogP contribution in [0.5, 0.6) is 0 Å². The highest BCUT2D eigenvalue weighted by Gasteiger charge is 2.23. The van der Waals surface area contributed by atoms with Crippen molar-refractivity contribution in [2.75, 3.05) is 39.3 Å². The summed E-state index contributed by atoms with van der Waals surface area (Å²) < 4.78 is 0. The summed E-state index contributed by atoms with van der Waals surface area (Å²) in [6.45, 7) is 11.4. The summed E-state index contributed by atoms with van der Waals surface area (Å²) in [4.78, 5) is 31.2. The van der Waals surface area contributed by atoms with Gasteiger partial charge in [0, 0.05) is 24.0 Å². The van der Waals surface area contributed by atoms with Crippen molar-refractivity contribution in [1.29, 1.82) is 0 Å². The number of carbonyl (C=O) groups excluding carboxylic acids is 2. The largest absolute Gasteiger partial charge is 0.303 e. The molecular weight excluding hydrogens is 504 g/mol. The summed E-state index contributed by atoms with van der Waals surface area (Å²) in [6, 6.07) is 12.5. The molecule has 4 heteroatoms. The maximum absolute atomic E-state index is 13.0. The topological polar surface area (TPSA) is 40.6 Å². The Balaban J connectivity index is 1.07. The number of carbonyl (C=O) groups is 2. The summed E-state index contributed by atoms with van der Waals surface area (Å²) in [5, 5.41) is 0. The summed E-state index contributed by atoms with van der Waals surface area (Å²) >= 11 is 0. The van der Waals surface area contributed by atoms with Crippen LogP contribution in [-0.2, 0) is 6.42 Å². The van der Waals surface area contributed by atoms with Crippen molar-refractivity contribution in [3.8, 4) is 11.1 Å². The molecule has 0 aromatic heterocycles. The first-order valence-electron chi connectivity index (χ1n) is 16.8. The van der Waals surface area contributed by atoms with Crippen LogP contribution >= 0.6 is 0 Å². The van der Waals surface area contributed by atoms with Gasteiger partial charge in [0.15, 0.2) is 11.6 Å². The van der Waals surface area contributed by atoms with Crippen LogP contribution in [0.15, 0.2) is 36.4 Å². The van der Waals surface area contributed by atoms with Crippen LogP contribution in [0.1, 0.15) is 123 Å². The molecule has 0 radical (unpaired) electrons. The van der Waals surface area contributed by atoms with E-state index in [1.54, 1.807) is 0 Å². The van der Waals surface area contributed by atoms with Gasteiger partial charge in [0.2, 0.25) is 0 Å². The van der Waals surface area contributed by atoms with Gasteiger partial charge in [0.25, 0.3) is 0 Å². The molecule has 2 heterocycles. The molecule has 2 saturated heterocycles. The SMILES string of the molecule is CCCC1CCN(CCCC(=O)c2ccc3c(c2)Cc2cc(C(=O)CCCN4CCC(CCC)CC4)ccc2-3)CC1. The van der Waals surface area contributed by atoms with Crippen molar-refractivity contribution >= 4 is 11.6 Å². The second-order valence-electron chi connectivity index (χ2n) is 13.1. The predicted octanol–water partition coefficient (Wildman–Crippen LogP) is 8.21. The van der Waals surface area contributed by atoms with E-state index in [2.05, 4.69) is 47.9 Å². The van der Waals surface area contributed by atoms with Gasteiger partial charge in [-0.3, -0.25) is 9.59 Å². The van der Waals surface area contributed by atoms with Crippen molar-refractivity contribution in [2.24, 2.45) is 11.8 Å². The van der Waals surface area contributed by atoms with E-state index in [-0.39, 0.29) is 11.6 Å². The van der Waals surface area contributed by atoms with Crippen LogP contribution < -0.4 is 0 Å². The molecule has 222 valence electrons. The first-order chi connectivity index (χ1) is 20.0. The molecule has 0 unspecified atom stereocenters. The number of rotatable bonds is 14. The molecule has 2 fully saturated rings. The Bertz CT molecular complexity index is 1080. The van der Waals surface area contributed by atoms with Crippen molar-refractivity contribution in [1.82, 2.24) is 9.80 Å². The van der Waals surface area contributed by atoms with Crippen LogP contribution in [0.3, 0.4) is 0 Å².